The second-order valence-corrected chi connectivity index (χ2v) is 7.18. The molecule has 25 heavy (non-hydrogen) atoms. The van der Waals surface area contributed by atoms with Crippen LogP contribution in [0.2, 0.25) is 0 Å². The van der Waals surface area contributed by atoms with Gasteiger partial charge in [0.15, 0.2) is 0 Å². The molecule has 2 atom stereocenters. The van der Waals surface area contributed by atoms with Gasteiger partial charge in [0.25, 0.3) is 0 Å². The first-order chi connectivity index (χ1) is 11.5. The van der Waals surface area contributed by atoms with E-state index in [9.17, 15) is 13.0 Å². The molecule has 8 heteroatoms. The Bertz CT molecular complexity index is 961. The van der Waals surface area contributed by atoms with Crippen LogP contribution >= 0.6 is 17.0 Å². The first-order valence-electron chi connectivity index (χ1n) is 7.43. The van der Waals surface area contributed by atoms with Gasteiger partial charge in [0.05, 0.1) is 27.6 Å². The van der Waals surface area contributed by atoms with Gasteiger partial charge in [0, 0.05) is 5.56 Å². The van der Waals surface area contributed by atoms with Crippen molar-refractivity contribution in [2.45, 2.75) is 24.7 Å². The van der Waals surface area contributed by atoms with Crippen LogP contribution in [0.25, 0.3) is 11.0 Å². The Morgan fingerprint density at radius 1 is 1.28 bits per heavy atom. The fourth-order valence-corrected chi connectivity index (χ4v) is 4.67. The largest absolute Gasteiger partial charge is 0.434 e. The molecule has 0 saturated heterocycles. The lowest BCUT2D eigenvalue weighted by Gasteiger charge is -2.18. The van der Waals surface area contributed by atoms with Crippen LogP contribution in [-0.2, 0) is 16.6 Å². The molecule has 0 amide bonds. The van der Waals surface area contributed by atoms with Gasteiger partial charge in [0.1, 0.15) is 16.9 Å². The summed E-state index contributed by atoms with van der Waals surface area (Å²) in [5, 5.41) is -0.582. The normalized spacial score (nSPS) is 19.0. The van der Waals surface area contributed by atoms with E-state index in [1.807, 2.05) is 29.7 Å². The first-order valence-corrected chi connectivity index (χ1v) is 8.81. The van der Waals surface area contributed by atoms with E-state index in [0.29, 0.717) is 17.1 Å². The van der Waals surface area contributed by atoms with Gasteiger partial charge < -0.3 is 9.30 Å². The summed E-state index contributed by atoms with van der Waals surface area (Å²) in [6, 6.07) is 12.3. The fraction of sp³-hybridized carbons (Fsp3) is 0.235. The quantitative estimate of drug-likeness (QED) is 0.623. The molecule has 1 aromatic heterocycles. The van der Waals surface area contributed by atoms with Crippen molar-refractivity contribution in [2.75, 3.05) is 0 Å². The maximum Gasteiger partial charge on any atom is 0.387 e. The van der Waals surface area contributed by atoms with Crippen molar-refractivity contribution in [3.05, 3.63) is 59.4 Å². The molecular weight excluding hydrogens is 414 g/mol. The summed E-state index contributed by atoms with van der Waals surface area (Å²) in [4.78, 5) is 4.53. The molecule has 0 fully saturated rings. The van der Waals surface area contributed by atoms with Gasteiger partial charge in [0.2, 0.25) is 0 Å². The number of imidazole rings is 1. The number of ether oxygens (including phenoxy) is 1. The van der Waals surface area contributed by atoms with Crippen LogP contribution in [0, 0.1) is 6.92 Å². The zero-order valence-electron chi connectivity index (χ0n) is 13.2. The summed E-state index contributed by atoms with van der Waals surface area (Å²) >= 11 is 0. The van der Waals surface area contributed by atoms with Crippen molar-refractivity contribution in [1.82, 2.24) is 9.55 Å². The zero-order chi connectivity index (χ0) is 16.8. The molecule has 1 aliphatic rings. The van der Waals surface area contributed by atoms with Crippen molar-refractivity contribution >= 4 is 38.8 Å². The van der Waals surface area contributed by atoms with Crippen LogP contribution in [0.3, 0.4) is 0 Å². The summed E-state index contributed by atoms with van der Waals surface area (Å²) in [7, 11) is -1.29. The SMILES string of the molecule is Br.Cc1ccc2nc3n(c2c1)[C@@H](c1ccccc1OC(F)F)S(=O)C3. The van der Waals surface area contributed by atoms with Crippen LogP contribution in [0.15, 0.2) is 42.5 Å². The second kappa shape index (κ2) is 6.84. The van der Waals surface area contributed by atoms with Crippen LogP contribution in [0.4, 0.5) is 8.78 Å². The Morgan fingerprint density at radius 2 is 2.04 bits per heavy atom. The molecule has 4 nitrogen and oxygen atoms in total. The summed E-state index contributed by atoms with van der Waals surface area (Å²) < 4.78 is 44.6. The van der Waals surface area contributed by atoms with Gasteiger partial charge >= 0.3 is 6.61 Å². The third-order valence-electron chi connectivity index (χ3n) is 4.07. The molecule has 2 aromatic carbocycles. The highest BCUT2D eigenvalue weighted by molar-refractivity contribution is 8.93. The predicted octanol–water partition coefficient (Wildman–Crippen LogP) is 4.33. The fourth-order valence-electron chi connectivity index (χ4n) is 3.11. The number of para-hydroxylation sites is 1. The topological polar surface area (TPSA) is 44.1 Å². The minimum atomic E-state index is -2.93. The smallest absolute Gasteiger partial charge is 0.387 e. The van der Waals surface area contributed by atoms with Gasteiger partial charge in [-0.2, -0.15) is 8.78 Å². The summed E-state index contributed by atoms with van der Waals surface area (Å²) in [6.07, 6.45) is 0. The van der Waals surface area contributed by atoms with Gasteiger partial charge in [-0.25, -0.2) is 4.98 Å². The predicted molar refractivity (Wildman–Crippen MR) is 97.9 cm³/mol. The van der Waals surface area contributed by atoms with E-state index < -0.39 is 22.8 Å². The third kappa shape index (κ3) is 3.08. The molecule has 0 aliphatic carbocycles. The van der Waals surface area contributed by atoms with Crippen molar-refractivity contribution < 1.29 is 17.7 Å². The molecule has 1 aliphatic heterocycles. The van der Waals surface area contributed by atoms with E-state index in [2.05, 4.69) is 9.72 Å². The van der Waals surface area contributed by atoms with Crippen molar-refractivity contribution in [3.63, 3.8) is 0 Å². The molecule has 132 valence electrons. The lowest BCUT2D eigenvalue weighted by Crippen LogP contribution is -2.13. The van der Waals surface area contributed by atoms with Crippen LogP contribution < -0.4 is 4.74 Å². The van der Waals surface area contributed by atoms with Crippen LogP contribution in [-0.4, -0.2) is 20.4 Å². The van der Waals surface area contributed by atoms with Gasteiger partial charge in [-0.3, -0.25) is 4.21 Å². The number of hydrogen-bond donors (Lipinski definition) is 0. The van der Waals surface area contributed by atoms with Gasteiger partial charge in [-0.15, -0.1) is 17.0 Å². The van der Waals surface area contributed by atoms with Gasteiger partial charge in [-0.05, 0) is 30.7 Å². The monoisotopic (exact) mass is 428 g/mol. The highest BCUT2D eigenvalue weighted by atomic mass is 79.9. The maximum atomic E-state index is 12.7. The lowest BCUT2D eigenvalue weighted by atomic mass is 10.2. The number of aryl methyl sites for hydroxylation is 1. The summed E-state index contributed by atoms with van der Waals surface area (Å²) in [6.45, 7) is -0.962. The highest BCUT2D eigenvalue weighted by Gasteiger charge is 2.35. The molecule has 0 spiro atoms. The molecule has 2 heterocycles. The molecule has 0 bridgehead atoms. The van der Waals surface area contributed by atoms with Crippen molar-refractivity contribution in [2.24, 2.45) is 0 Å². The maximum absolute atomic E-state index is 12.7. The van der Waals surface area contributed by atoms with Crippen molar-refractivity contribution in [3.8, 4) is 5.75 Å². The van der Waals surface area contributed by atoms with Crippen LogP contribution in [0.1, 0.15) is 22.3 Å². The number of benzene rings is 2. The average molecular weight is 429 g/mol. The average Bonchev–Trinajstić information content (AvgIpc) is 3.02. The van der Waals surface area contributed by atoms with Gasteiger partial charge in [-0.1, -0.05) is 24.3 Å². The number of fused-ring (bicyclic) bond motifs is 3. The molecular formula is C17H15BrF2N2O2S. The number of aromatic nitrogens is 2. The molecule has 0 N–H and O–H groups in total. The second-order valence-electron chi connectivity index (χ2n) is 5.68. The van der Waals surface area contributed by atoms with E-state index in [0.717, 1.165) is 16.6 Å². The van der Waals surface area contributed by atoms with E-state index >= 15 is 0 Å². The molecule has 0 saturated carbocycles. The number of halogens is 3. The Balaban J connectivity index is 0.00000182. The molecule has 1 unspecified atom stereocenters. The number of hydrogen-bond acceptors (Lipinski definition) is 3. The Labute approximate surface area is 156 Å². The Hall–Kier alpha value is -1.80. The number of nitrogens with zero attached hydrogens (tertiary/aromatic N) is 2. The van der Waals surface area contributed by atoms with E-state index in [1.165, 1.54) is 6.07 Å². The molecule has 0 radical (unpaired) electrons. The lowest BCUT2D eigenvalue weighted by molar-refractivity contribution is -0.0505. The van der Waals surface area contributed by atoms with E-state index in [4.69, 9.17) is 0 Å². The highest BCUT2D eigenvalue weighted by Crippen LogP contribution is 2.40. The zero-order valence-corrected chi connectivity index (χ0v) is 15.7. The minimum absolute atomic E-state index is 0. The molecule has 3 aromatic rings. The van der Waals surface area contributed by atoms with Crippen molar-refractivity contribution in [1.29, 1.82) is 0 Å². The van der Waals surface area contributed by atoms with Crippen LogP contribution in [0.5, 0.6) is 5.75 Å². The molecule has 4 rings (SSSR count). The minimum Gasteiger partial charge on any atom is -0.434 e. The summed E-state index contributed by atoms with van der Waals surface area (Å²) in [5.41, 5.74) is 3.20. The standard InChI is InChI=1S/C17H14F2N2O2S.BrH/c1-10-6-7-12-13(8-10)21-15(20-12)9-24(22)16(21)11-4-2-3-5-14(11)23-17(18)19;/h2-8,16-17H,9H2,1H3;1H/t16-,24?;/m1./s1. The summed E-state index contributed by atoms with van der Waals surface area (Å²) in [5.74, 6) is 1.04. The Morgan fingerprint density at radius 3 is 2.80 bits per heavy atom. The first kappa shape index (κ1) is 18.0. The van der Waals surface area contributed by atoms with E-state index in [-0.39, 0.29) is 22.7 Å². The van der Waals surface area contributed by atoms with E-state index in [1.54, 1.807) is 18.2 Å². The third-order valence-corrected chi connectivity index (χ3v) is 5.58. The Kier molecular flexibility index (Phi) is 4.92. The number of alkyl halides is 2. The number of rotatable bonds is 3.